The first-order chi connectivity index (χ1) is 9.54. The molecule has 0 aromatic heterocycles. The Morgan fingerprint density at radius 2 is 2.25 bits per heavy atom. The van der Waals surface area contributed by atoms with E-state index in [4.69, 9.17) is 10.00 Å². The number of carbonyl (C=O) groups excluding carboxylic acids is 1. The van der Waals surface area contributed by atoms with Gasteiger partial charge in [0.1, 0.15) is 11.3 Å². The van der Waals surface area contributed by atoms with Crippen LogP contribution in [0, 0.1) is 17.2 Å². The van der Waals surface area contributed by atoms with Crippen molar-refractivity contribution in [3.8, 4) is 11.8 Å². The van der Waals surface area contributed by atoms with Gasteiger partial charge in [-0.3, -0.25) is 4.79 Å². The summed E-state index contributed by atoms with van der Waals surface area (Å²) in [5, 5.41) is 12.0. The summed E-state index contributed by atoms with van der Waals surface area (Å²) in [6, 6.07) is 9.30. The van der Waals surface area contributed by atoms with Gasteiger partial charge < -0.3 is 10.1 Å². The molecule has 1 aliphatic carbocycles. The molecule has 0 heterocycles. The molecule has 4 heteroatoms. The van der Waals surface area contributed by atoms with Crippen molar-refractivity contribution < 1.29 is 9.53 Å². The first-order valence-corrected chi connectivity index (χ1v) is 7.01. The number of nitriles is 1. The largest absolute Gasteiger partial charge is 0.493 e. The van der Waals surface area contributed by atoms with E-state index in [0.29, 0.717) is 23.8 Å². The van der Waals surface area contributed by atoms with Crippen LogP contribution in [0.15, 0.2) is 24.3 Å². The molecular weight excluding hydrogens is 252 g/mol. The standard InChI is InChI=1S/C16H20N2O2/c1-12(2)10-20-14-6-3-5-13(9-14)15(19)18-16(11-17)7-4-8-16/h3,5-6,9,12H,4,7-8,10H2,1-2H3,(H,18,19). The fraction of sp³-hybridized carbons (Fsp3) is 0.500. The van der Waals surface area contributed by atoms with Crippen molar-refractivity contribution in [2.75, 3.05) is 6.61 Å². The van der Waals surface area contributed by atoms with Gasteiger partial charge in [0.15, 0.2) is 0 Å². The van der Waals surface area contributed by atoms with Crippen LogP contribution in [0.5, 0.6) is 5.75 Å². The fourth-order valence-corrected chi connectivity index (χ4v) is 2.07. The number of hydrogen-bond donors (Lipinski definition) is 1. The number of amides is 1. The lowest BCUT2D eigenvalue weighted by atomic mass is 9.78. The average Bonchev–Trinajstić information content (AvgIpc) is 2.40. The lowest BCUT2D eigenvalue weighted by Gasteiger charge is -2.35. The smallest absolute Gasteiger partial charge is 0.252 e. The molecule has 106 valence electrons. The highest BCUT2D eigenvalue weighted by atomic mass is 16.5. The van der Waals surface area contributed by atoms with Gasteiger partial charge in [-0.15, -0.1) is 0 Å². The van der Waals surface area contributed by atoms with Crippen LogP contribution >= 0.6 is 0 Å². The van der Waals surface area contributed by atoms with E-state index in [0.717, 1.165) is 19.3 Å². The third-order valence-electron chi connectivity index (χ3n) is 3.45. The highest BCUT2D eigenvalue weighted by Crippen LogP contribution is 2.31. The molecule has 1 saturated carbocycles. The van der Waals surface area contributed by atoms with E-state index in [1.165, 1.54) is 0 Å². The van der Waals surface area contributed by atoms with E-state index < -0.39 is 5.54 Å². The second-order valence-corrected chi connectivity index (χ2v) is 5.73. The summed E-state index contributed by atoms with van der Waals surface area (Å²) >= 11 is 0. The molecule has 4 nitrogen and oxygen atoms in total. The molecule has 20 heavy (non-hydrogen) atoms. The van der Waals surface area contributed by atoms with E-state index in [1.54, 1.807) is 18.2 Å². The van der Waals surface area contributed by atoms with Crippen molar-refractivity contribution in [2.24, 2.45) is 5.92 Å². The molecule has 0 unspecified atom stereocenters. The number of carbonyl (C=O) groups is 1. The van der Waals surface area contributed by atoms with Gasteiger partial charge >= 0.3 is 0 Å². The summed E-state index contributed by atoms with van der Waals surface area (Å²) in [5.41, 5.74) is -0.126. The Morgan fingerprint density at radius 3 is 2.80 bits per heavy atom. The molecule has 0 bridgehead atoms. The summed E-state index contributed by atoms with van der Waals surface area (Å²) in [6.07, 6.45) is 2.46. The van der Waals surface area contributed by atoms with Crippen molar-refractivity contribution in [3.63, 3.8) is 0 Å². The minimum absolute atomic E-state index is 0.207. The minimum atomic E-state index is -0.661. The molecule has 1 N–H and O–H groups in total. The van der Waals surface area contributed by atoms with Crippen molar-refractivity contribution in [3.05, 3.63) is 29.8 Å². The van der Waals surface area contributed by atoms with Gasteiger partial charge in [0.2, 0.25) is 0 Å². The van der Waals surface area contributed by atoms with Gasteiger partial charge in [-0.25, -0.2) is 0 Å². The van der Waals surface area contributed by atoms with Crippen LogP contribution in [0.4, 0.5) is 0 Å². The Morgan fingerprint density at radius 1 is 1.50 bits per heavy atom. The number of rotatable bonds is 5. The maximum atomic E-state index is 12.2. The molecule has 1 aromatic rings. The summed E-state index contributed by atoms with van der Waals surface area (Å²) in [4.78, 5) is 12.2. The summed E-state index contributed by atoms with van der Waals surface area (Å²) in [5.74, 6) is 0.913. The Kier molecular flexibility index (Phi) is 4.29. The number of nitrogens with zero attached hydrogens (tertiary/aromatic N) is 1. The first kappa shape index (κ1) is 14.4. The monoisotopic (exact) mass is 272 g/mol. The van der Waals surface area contributed by atoms with Crippen molar-refractivity contribution in [1.82, 2.24) is 5.32 Å². The Bertz CT molecular complexity index is 528. The Balaban J connectivity index is 2.03. The van der Waals surface area contributed by atoms with Crippen molar-refractivity contribution in [2.45, 2.75) is 38.6 Å². The topological polar surface area (TPSA) is 62.1 Å². The fourth-order valence-electron chi connectivity index (χ4n) is 2.07. The van der Waals surface area contributed by atoms with Gasteiger partial charge in [-0.05, 0) is 43.4 Å². The number of hydrogen-bond acceptors (Lipinski definition) is 3. The van der Waals surface area contributed by atoms with Crippen LogP contribution in [0.2, 0.25) is 0 Å². The molecule has 1 amide bonds. The zero-order valence-corrected chi connectivity index (χ0v) is 12.0. The third kappa shape index (κ3) is 3.30. The maximum absolute atomic E-state index is 12.2. The average molecular weight is 272 g/mol. The number of nitrogens with one attached hydrogen (secondary N) is 1. The second kappa shape index (κ2) is 5.96. The van der Waals surface area contributed by atoms with E-state index in [9.17, 15) is 4.79 Å². The lowest BCUT2D eigenvalue weighted by molar-refractivity contribution is 0.0881. The maximum Gasteiger partial charge on any atom is 0.252 e. The molecule has 0 radical (unpaired) electrons. The van der Waals surface area contributed by atoms with Crippen LogP contribution in [-0.4, -0.2) is 18.1 Å². The van der Waals surface area contributed by atoms with Crippen LogP contribution in [-0.2, 0) is 0 Å². The minimum Gasteiger partial charge on any atom is -0.493 e. The second-order valence-electron chi connectivity index (χ2n) is 5.73. The van der Waals surface area contributed by atoms with Crippen LogP contribution < -0.4 is 10.1 Å². The first-order valence-electron chi connectivity index (χ1n) is 7.01. The van der Waals surface area contributed by atoms with Crippen LogP contribution in [0.1, 0.15) is 43.5 Å². The van der Waals surface area contributed by atoms with Crippen molar-refractivity contribution in [1.29, 1.82) is 5.26 Å². The van der Waals surface area contributed by atoms with Gasteiger partial charge in [0.05, 0.1) is 12.7 Å². The highest BCUT2D eigenvalue weighted by Gasteiger charge is 2.38. The zero-order chi connectivity index (χ0) is 14.6. The number of ether oxygens (including phenoxy) is 1. The van der Waals surface area contributed by atoms with E-state index in [1.807, 2.05) is 6.07 Å². The third-order valence-corrected chi connectivity index (χ3v) is 3.45. The molecule has 0 aliphatic heterocycles. The van der Waals surface area contributed by atoms with Gasteiger partial charge in [0, 0.05) is 5.56 Å². The molecule has 0 atom stereocenters. The van der Waals surface area contributed by atoms with E-state index in [-0.39, 0.29) is 5.91 Å². The quantitative estimate of drug-likeness (QED) is 0.896. The summed E-state index contributed by atoms with van der Waals surface area (Å²) in [6.45, 7) is 4.76. The van der Waals surface area contributed by atoms with Gasteiger partial charge in [-0.1, -0.05) is 19.9 Å². The van der Waals surface area contributed by atoms with Gasteiger partial charge in [-0.2, -0.15) is 5.26 Å². The van der Waals surface area contributed by atoms with E-state index >= 15 is 0 Å². The Labute approximate surface area is 119 Å². The molecule has 1 aliphatic rings. The van der Waals surface area contributed by atoms with Gasteiger partial charge in [0.25, 0.3) is 5.91 Å². The van der Waals surface area contributed by atoms with E-state index in [2.05, 4.69) is 25.2 Å². The summed E-state index contributed by atoms with van der Waals surface area (Å²) < 4.78 is 5.61. The Hall–Kier alpha value is -2.02. The predicted molar refractivity (Wildman–Crippen MR) is 76.4 cm³/mol. The molecule has 0 saturated heterocycles. The molecule has 1 aromatic carbocycles. The predicted octanol–water partition coefficient (Wildman–Crippen LogP) is 2.90. The van der Waals surface area contributed by atoms with Crippen LogP contribution in [0.25, 0.3) is 0 Å². The molecule has 2 rings (SSSR count). The SMILES string of the molecule is CC(C)COc1cccc(C(=O)NC2(C#N)CCC2)c1. The highest BCUT2D eigenvalue weighted by molar-refractivity contribution is 5.95. The molecule has 0 spiro atoms. The van der Waals surface area contributed by atoms with Crippen molar-refractivity contribution >= 4 is 5.91 Å². The normalized spacial score (nSPS) is 16.1. The zero-order valence-electron chi connectivity index (χ0n) is 12.0. The summed E-state index contributed by atoms with van der Waals surface area (Å²) in [7, 11) is 0. The molecule has 1 fully saturated rings. The van der Waals surface area contributed by atoms with Crippen LogP contribution in [0.3, 0.4) is 0 Å². The number of benzene rings is 1. The molecular formula is C16H20N2O2. The lowest BCUT2D eigenvalue weighted by Crippen LogP contribution is -2.52.